The van der Waals surface area contributed by atoms with Crippen LogP contribution in [0, 0.1) is 5.92 Å². The first kappa shape index (κ1) is 20.4. The number of hydrogen-bond donors (Lipinski definition) is 0. The van der Waals surface area contributed by atoms with Crippen LogP contribution in [0.15, 0.2) is 48.5 Å². The minimum atomic E-state index is 0.147. The number of para-hydroxylation sites is 1. The maximum atomic E-state index is 12.8. The van der Waals surface area contributed by atoms with Crippen LogP contribution in [0.1, 0.15) is 30.5 Å². The number of morpholine rings is 1. The number of nitrogens with zero attached hydrogens (tertiary/aromatic N) is 2. The van der Waals surface area contributed by atoms with Gasteiger partial charge in [-0.2, -0.15) is 0 Å². The first-order chi connectivity index (χ1) is 13.5. The highest BCUT2D eigenvalue weighted by Crippen LogP contribution is 2.23. The van der Waals surface area contributed by atoms with Gasteiger partial charge in [-0.05, 0) is 35.1 Å². The van der Waals surface area contributed by atoms with Crippen LogP contribution in [0.2, 0.25) is 0 Å². The lowest BCUT2D eigenvalue weighted by molar-refractivity contribution is -0.129. The van der Waals surface area contributed by atoms with Crippen molar-refractivity contribution in [3.05, 3.63) is 65.2 Å². The smallest absolute Gasteiger partial charge is 0.227 e. The van der Waals surface area contributed by atoms with Gasteiger partial charge in [0.15, 0.2) is 0 Å². The molecule has 0 spiro atoms. The van der Waals surface area contributed by atoms with E-state index >= 15 is 0 Å². The molecule has 1 amide bonds. The van der Waals surface area contributed by atoms with Crippen LogP contribution in [-0.2, 0) is 28.9 Å². The van der Waals surface area contributed by atoms with Gasteiger partial charge in [0.25, 0.3) is 0 Å². The normalized spacial score (nSPS) is 14.4. The van der Waals surface area contributed by atoms with E-state index in [1.807, 2.05) is 18.0 Å². The standard InChI is InChI=1S/C24H32N2O2/c1-19(2)16-20-8-10-21(11-9-20)17-24(27)25(3)18-22-6-4-5-7-23(22)26-12-14-28-15-13-26/h4-11,19H,12-18H2,1-3H3. The number of carbonyl (C=O) groups is 1. The second kappa shape index (κ2) is 9.74. The minimum Gasteiger partial charge on any atom is -0.378 e. The molecule has 0 aliphatic carbocycles. The molecule has 3 rings (SSSR count). The van der Waals surface area contributed by atoms with E-state index in [1.165, 1.54) is 16.8 Å². The fourth-order valence-corrected chi connectivity index (χ4v) is 3.68. The van der Waals surface area contributed by atoms with Gasteiger partial charge < -0.3 is 14.5 Å². The number of benzene rings is 2. The fraction of sp³-hybridized carbons (Fsp3) is 0.458. The molecule has 1 saturated heterocycles. The average molecular weight is 381 g/mol. The van der Waals surface area contributed by atoms with Crippen LogP contribution < -0.4 is 4.90 Å². The van der Waals surface area contributed by atoms with Crippen molar-refractivity contribution >= 4 is 11.6 Å². The van der Waals surface area contributed by atoms with Crippen molar-refractivity contribution in [2.75, 3.05) is 38.3 Å². The predicted octanol–water partition coefficient (Wildman–Crippen LogP) is 3.92. The highest BCUT2D eigenvalue weighted by Gasteiger charge is 2.17. The van der Waals surface area contributed by atoms with E-state index in [4.69, 9.17) is 4.74 Å². The summed E-state index contributed by atoms with van der Waals surface area (Å²) < 4.78 is 5.47. The molecule has 1 aliphatic rings. The molecule has 0 bridgehead atoms. The van der Waals surface area contributed by atoms with Gasteiger partial charge >= 0.3 is 0 Å². The maximum Gasteiger partial charge on any atom is 0.227 e. The van der Waals surface area contributed by atoms with E-state index < -0.39 is 0 Å². The number of amides is 1. The van der Waals surface area contributed by atoms with Crippen LogP contribution in [0.25, 0.3) is 0 Å². The van der Waals surface area contributed by atoms with Crippen LogP contribution in [0.4, 0.5) is 5.69 Å². The third-order valence-corrected chi connectivity index (χ3v) is 5.20. The molecule has 0 N–H and O–H groups in total. The molecule has 4 nitrogen and oxygen atoms in total. The van der Waals surface area contributed by atoms with E-state index in [0.29, 0.717) is 18.9 Å². The number of likely N-dealkylation sites (N-methyl/N-ethyl adjacent to an activating group) is 1. The van der Waals surface area contributed by atoms with Crippen LogP contribution >= 0.6 is 0 Å². The molecule has 4 heteroatoms. The summed E-state index contributed by atoms with van der Waals surface area (Å²) >= 11 is 0. The molecule has 1 heterocycles. The Kier molecular flexibility index (Phi) is 7.10. The summed E-state index contributed by atoms with van der Waals surface area (Å²) in [5.74, 6) is 0.790. The molecule has 0 atom stereocenters. The number of hydrogen-bond acceptors (Lipinski definition) is 3. The Morgan fingerprint density at radius 3 is 2.36 bits per heavy atom. The zero-order valence-electron chi connectivity index (χ0n) is 17.4. The Balaban J connectivity index is 1.61. The molecule has 150 valence electrons. The van der Waals surface area contributed by atoms with Gasteiger partial charge in [-0.15, -0.1) is 0 Å². The molecule has 0 radical (unpaired) electrons. The number of rotatable bonds is 7. The van der Waals surface area contributed by atoms with Crippen molar-refractivity contribution in [1.29, 1.82) is 0 Å². The summed E-state index contributed by atoms with van der Waals surface area (Å²) in [5.41, 5.74) is 4.81. The summed E-state index contributed by atoms with van der Waals surface area (Å²) in [6.07, 6.45) is 1.52. The van der Waals surface area contributed by atoms with Crippen molar-refractivity contribution in [3.8, 4) is 0 Å². The summed E-state index contributed by atoms with van der Waals surface area (Å²) in [4.78, 5) is 16.9. The van der Waals surface area contributed by atoms with E-state index in [0.717, 1.165) is 38.3 Å². The van der Waals surface area contributed by atoms with Crippen LogP contribution in [-0.4, -0.2) is 44.2 Å². The quantitative estimate of drug-likeness (QED) is 0.730. The lowest BCUT2D eigenvalue weighted by Gasteiger charge is -2.31. The molecular formula is C24H32N2O2. The predicted molar refractivity (Wildman–Crippen MR) is 115 cm³/mol. The highest BCUT2D eigenvalue weighted by molar-refractivity contribution is 5.78. The molecule has 1 fully saturated rings. The Bertz CT molecular complexity index is 764. The summed E-state index contributed by atoms with van der Waals surface area (Å²) in [5, 5.41) is 0. The molecule has 2 aromatic rings. The minimum absolute atomic E-state index is 0.147. The van der Waals surface area contributed by atoms with E-state index in [9.17, 15) is 4.79 Å². The van der Waals surface area contributed by atoms with Crippen molar-refractivity contribution < 1.29 is 9.53 Å². The van der Waals surface area contributed by atoms with Gasteiger partial charge in [0.05, 0.1) is 19.6 Å². The van der Waals surface area contributed by atoms with Crippen molar-refractivity contribution in [3.63, 3.8) is 0 Å². The highest BCUT2D eigenvalue weighted by atomic mass is 16.5. The van der Waals surface area contributed by atoms with Crippen molar-refractivity contribution in [2.45, 2.75) is 33.2 Å². The zero-order valence-corrected chi connectivity index (χ0v) is 17.4. The van der Waals surface area contributed by atoms with Crippen LogP contribution in [0.5, 0.6) is 0 Å². The third kappa shape index (κ3) is 5.59. The Labute approximate surface area is 169 Å². The molecule has 0 aromatic heterocycles. The Morgan fingerprint density at radius 2 is 1.68 bits per heavy atom. The largest absolute Gasteiger partial charge is 0.378 e. The Hall–Kier alpha value is -2.33. The van der Waals surface area contributed by atoms with Gasteiger partial charge in [0.1, 0.15) is 0 Å². The van der Waals surface area contributed by atoms with E-state index in [-0.39, 0.29) is 5.91 Å². The van der Waals surface area contributed by atoms with Crippen molar-refractivity contribution in [2.24, 2.45) is 5.92 Å². The van der Waals surface area contributed by atoms with Crippen molar-refractivity contribution in [1.82, 2.24) is 4.90 Å². The van der Waals surface area contributed by atoms with Gasteiger partial charge in [-0.1, -0.05) is 56.3 Å². The number of ether oxygens (including phenoxy) is 1. The van der Waals surface area contributed by atoms with Crippen LogP contribution in [0.3, 0.4) is 0 Å². The molecule has 0 unspecified atom stereocenters. The summed E-state index contributed by atoms with van der Waals surface area (Å²) in [6.45, 7) is 8.39. The maximum absolute atomic E-state index is 12.8. The lowest BCUT2D eigenvalue weighted by atomic mass is 10.0. The molecule has 2 aromatic carbocycles. The zero-order chi connectivity index (χ0) is 19.9. The average Bonchev–Trinajstić information content (AvgIpc) is 2.70. The third-order valence-electron chi connectivity index (χ3n) is 5.20. The molecule has 0 saturated carbocycles. The molecule has 1 aliphatic heterocycles. The van der Waals surface area contributed by atoms with Gasteiger partial charge in [0.2, 0.25) is 5.91 Å². The molecular weight excluding hydrogens is 348 g/mol. The van der Waals surface area contributed by atoms with E-state index in [1.54, 1.807) is 0 Å². The Morgan fingerprint density at radius 1 is 1.04 bits per heavy atom. The summed E-state index contributed by atoms with van der Waals surface area (Å²) in [6, 6.07) is 16.9. The summed E-state index contributed by atoms with van der Waals surface area (Å²) in [7, 11) is 1.89. The first-order valence-electron chi connectivity index (χ1n) is 10.3. The number of carbonyl (C=O) groups excluding carboxylic acids is 1. The van der Waals surface area contributed by atoms with Gasteiger partial charge in [-0.25, -0.2) is 0 Å². The molecule has 28 heavy (non-hydrogen) atoms. The monoisotopic (exact) mass is 380 g/mol. The fourth-order valence-electron chi connectivity index (χ4n) is 3.68. The first-order valence-corrected chi connectivity index (χ1v) is 10.3. The SMILES string of the molecule is CC(C)Cc1ccc(CC(=O)N(C)Cc2ccccc2N2CCOCC2)cc1. The van der Waals surface area contributed by atoms with Gasteiger partial charge in [0, 0.05) is 32.4 Å². The second-order valence-corrected chi connectivity index (χ2v) is 8.07. The second-order valence-electron chi connectivity index (χ2n) is 8.07. The lowest BCUT2D eigenvalue weighted by Crippen LogP contribution is -2.37. The topological polar surface area (TPSA) is 32.8 Å². The van der Waals surface area contributed by atoms with E-state index in [2.05, 4.69) is 61.2 Å². The van der Waals surface area contributed by atoms with Gasteiger partial charge in [-0.3, -0.25) is 4.79 Å². The number of anilines is 1.